The summed E-state index contributed by atoms with van der Waals surface area (Å²) < 4.78 is 20.2. The Bertz CT molecular complexity index is 480. The van der Waals surface area contributed by atoms with E-state index in [1.54, 1.807) is 19.1 Å². The molecular weight excluding hydrogens is 319 g/mol. The fourth-order valence-electron chi connectivity index (χ4n) is 3.75. The lowest BCUT2D eigenvalue weighted by Crippen LogP contribution is -2.56. The Labute approximate surface area is 129 Å². The third kappa shape index (κ3) is 2.38. The van der Waals surface area contributed by atoms with Crippen LogP contribution in [-0.2, 0) is 0 Å². The van der Waals surface area contributed by atoms with Gasteiger partial charge in [-0.05, 0) is 37.8 Å². The highest BCUT2D eigenvalue weighted by atomic mass is 79.9. The van der Waals surface area contributed by atoms with E-state index in [9.17, 15) is 4.39 Å². The summed E-state index contributed by atoms with van der Waals surface area (Å²) in [4.78, 5) is 0.533. The highest BCUT2D eigenvalue weighted by Crippen LogP contribution is 2.55. The molecule has 0 aromatic heterocycles. The summed E-state index contributed by atoms with van der Waals surface area (Å²) in [6, 6.07) is 5.42. The zero-order valence-corrected chi connectivity index (χ0v) is 13.6. The van der Waals surface area contributed by atoms with E-state index in [0.29, 0.717) is 16.1 Å². The lowest BCUT2D eigenvalue weighted by atomic mass is 9.61. The van der Waals surface area contributed by atoms with Crippen molar-refractivity contribution >= 4 is 15.9 Å². The average molecular weight is 341 g/mol. The monoisotopic (exact) mass is 340 g/mol. The van der Waals surface area contributed by atoms with Gasteiger partial charge in [-0.25, -0.2) is 4.39 Å². The maximum atomic E-state index is 14.1. The number of hydrogen-bond donors (Lipinski definition) is 0. The Hall–Kier alpha value is -0.570. The van der Waals surface area contributed by atoms with Crippen molar-refractivity contribution < 1.29 is 9.13 Å². The van der Waals surface area contributed by atoms with Crippen molar-refractivity contribution in [2.24, 2.45) is 5.41 Å². The van der Waals surface area contributed by atoms with Gasteiger partial charge in [0.25, 0.3) is 0 Å². The van der Waals surface area contributed by atoms with Crippen LogP contribution in [0.2, 0.25) is 0 Å². The van der Waals surface area contributed by atoms with E-state index in [4.69, 9.17) is 4.74 Å². The fourth-order valence-corrected chi connectivity index (χ4v) is 4.84. The molecule has 0 N–H and O–H groups in total. The van der Waals surface area contributed by atoms with E-state index in [-0.39, 0.29) is 17.3 Å². The van der Waals surface area contributed by atoms with Crippen LogP contribution in [0.15, 0.2) is 18.2 Å². The van der Waals surface area contributed by atoms with Crippen LogP contribution < -0.4 is 4.74 Å². The van der Waals surface area contributed by atoms with Gasteiger partial charge in [0.1, 0.15) is 6.10 Å². The van der Waals surface area contributed by atoms with Gasteiger partial charge in [0.15, 0.2) is 11.6 Å². The Morgan fingerprint density at radius 2 is 1.90 bits per heavy atom. The average Bonchev–Trinajstić information content (AvgIpc) is 2.71. The molecule has 2 saturated carbocycles. The molecule has 2 aliphatic carbocycles. The second-order valence-corrected chi connectivity index (χ2v) is 7.45. The lowest BCUT2D eigenvalue weighted by molar-refractivity contribution is -0.0480. The number of rotatable bonds is 2. The SMILES string of the molecule is Cc1cccc(OC2CC(Br)C23CCCCCC3)c1F. The zero-order chi connectivity index (χ0) is 14.2. The molecule has 1 aromatic rings. The molecule has 2 unspecified atom stereocenters. The van der Waals surface area contributed by atoms with Crippen molar-refractivity contribution in [2.45, 2.75) is 62.8 Å². The smallest absolute Gasteiger partial charge is 0.167 e. The predicted molar refractivity (Wildman–Crippen MR) is 83.0 cm³/mol. The summed E-state index contributed by atoms with van der Waals surface area (Å²) in [6.45, 7) is 1.79. The molecule has 110 valence electrons. The third-order valence-corrected chi connectivity index (χ3v) is 6.43. The molecule has 1 spiro atoms. The van der Waals surface area contributed by atoms with Crippen LogP contribution in [0.25, 0.3) is 0 Å². The molecule has 0 aliphatic heterocycles. The van der Waals surface area contributed by atoms with Gasteiger partial charge in [-0.15, -0.1) is 0 Å². The summed E-state index contributed by atoms with van der Waals surface area (Å²) >= 11 is 3.83. The van der Waals surface area contributed by atoms with Gasteiger partial charge in [0, 0.05) is 10.2 Å². The van der Waals surface area contributed by atoms with Crippen molar-refractivity contribution in [2.75, 3.05) is 0 Å². The first-order valence-corrected chi connectivity index (χ1v) is 8.61. The molecule has 3 heteroatoms. The van der Waals surface area contributed by atoms with Crippen molar-refractivity contribution in [1.29, 1.82) is 0 Å². The summed E-state index contributed by atoms with van der Waals surface area (Å²) in [7, 11) is 0. The molecule has 2 aliphatic rings. The Balaban J connectivity index is 1.78. The number of hydrogen-bond acceptors (Lipinski definition) is 1. The van der Waals surface area contributed by atoms with Crippen molar-refractivity contribution in [3.05, 3.63) is 29.6 Å². The van der Waals surface area contributed by atoms with Gasteiger partial charge in [-0.1, -0.05) is 53.7 Å². The molecule has 3 rings (SSSR count). The number of aryl methyl sites for hydroxylation is 1. The number of alkyl halides is 1. The maximum absolute atomic E-state index is 14.1. The van der Waals surface area contributed by atoms with Crippen molar-refractivity contribution in [3.63, 3.8) is 0 Å². The van der Waals surface area contributed by atoms with Gasteiger partial charge in [0.05, 0.1) is 0 Å². The minimum atomic E-state index is -0.200. The van der Waals surface area contributed by atoms with Crippen LogP contribution in [0.1, 0.15) is 50.5 Å². The lowest BCUT2D eigenvalue weighted by Gasteiger charge is -2.53. The second kappa shape index (κ2) is 5.67. The van der Waals surface area contributed by atoms with E-state index in [0.717, 1.165) is 6.42 Å². The molecule has 2 fully saturated rings. The molecule has 2 atom stereocenters. The van der Waals surface area contributed by atoms with E-state index < -0.39 is 0 Å². The molecule has 1 aromatic carbocycles. The normalized spacial score (nSPS) is 28.8. The van der Waals surface area contributed by atoms with Gasteiger partial charge in [-0.3, -0.25) is 0 Å². The highest BCUT2D eigenvalue weighted by molar-refractivity contribution is 9.09. The summed E-state index contributed by atoms with van der Waals surface area (Å²) in [5, 5.41) is 0. The quantitative estimate of drug-likeness (QED) is 0.656. The molecule has 0 saturated heterocycles. The van der Waals surface area contributed by atoms with Gasteiger partial charge < -0.3 is 4.74 Å². The topological polar surface area (TPSA) is 9.23 Å². The zero-order valence-electron chi connectivity index (χ0n) is 12.0. The van der Waals surface area contributed by atoms with E-state index in [1.807, 2.05) is 6.07 Å². The third-order valence-electron chi connectivity index (χ3n) is 5.15. The second-order valence-electron chi connectivity index (χ2n) is 6.34. The highest BCUT2D eigenvalue weighted by Gasteiger charge is 2.55. The van der Waals surface area contributed by atoms with E-state index >= 15 is 0 Å². The van der Waals surface area contributed by atoms with Crippen LogP contribution in [0.4, 0.5) is 4.39 Å². The van der Waals surface area contributed by atoms with Crippen LogP contribution in [0.3, 0.4) is 0 Å². The molecular formula is C17H22BrFO. The number of halogens is 2. The number of benzene rings is 1. The van der Waals surface area contributed by atoms with Crippen molar-refractivity contribution in [1.82, 2.24) is 0 Å². The van der Waals surface area contributed by atoms with E-state index in [2.05, 4.69) is 15.9 Å². The minimum Gasteiger partial charge on any atom is -0.487 e. The van der Waals surface area contributed by atoms with Crippen LogP contribution in [0, 0.1) is 18.2 Å². The molecule has 0 amide bonds. The van der Waals surface area contributed by atoms with Gasteiger partial charge in [0.2, 0.25) is 0 Å². The summed E-state index contributed by atoms with van der Waals surface area (Å²) in [5.74, 6) is 0.229. The minimum absolute atomic E-state index is 0.168. The maximum Gasteiger partial charge on any atom is 0.167 e. The molecule has 0 bridgehead atoms. The van der Waals surface area contributed by atoms with Crippen LogP contribution in [-0.4, -0.2) is 10.9 Å². The molecule has 1 nitrogen and oxygen atoms in total. The first-order chi connectivity index (χ1) is 9.63. The Morgan fingerprint density at radius 1 is 1.20 bits per heavy atom. The largest absolute Gasteiger partial charge is 0.487 e. The van der Waals surface area contributed by atoms with Gasteiger partial charge >= 0.3 is 0 Å². The van der Waals surface area contributed by atoms with Crippen molar-refractivity contribution in [3.8, 4) is 5.75 Å². The first-order valence-electron chi connectivity index (χ1n) is 7.69. The fraction of sp³-hybridized carbons (Fsp3) is 0.647. The van der Waals surface area contributed by atoms with E-state index in [1.165, 1.54) is 38.5 Å². The summed E-state index contributed by atoms with van der Waals surface area (Å²) in [5.41, 5.74) is 0.888. The molecule has 20 heavy (non-hydrogen) atoms. The Kier molecular flexibility index (Phi) is 4.07. The predicted octanol–water partition coefficient (Wildman–Crippen LogP) is 5.39. The molecule has 0 heterocycles. The van der Waals surface area contributed by atoms with Crippen LogP contribution in [0.5, 0.6) is 5.75 Å². The van der Waals surface area contributed by atoms with Crippen LogP contribution >= 0.6 is 15.9 Å². The molecule has 0 radical (unpaired) electrons. The van der Waals surface area contributed by atoms with Gasteiger partial charge in [-0.2, -0.15) is 0 Å². The number of ether oxygens (including phenoxy) is 1. The standard InChI is InChI=1S/C17H22BrFO/c1-12-7-6-8-13(16(12)19)20-15-11-14(18)17(15)9-4-2-3-5-10-17/h6-8,14-15H,2-5,9-11H2,1H3. The summed E-state index contributed by atoms with van der Waals surface area (Å²) in [6.07, 6.45) is 8.78. The Morgan fingerprint density at radius 3 is 2.55 bits per heavy atom. The first kappa shape index (κ1) is 14.4.